The molecule has 0 aliphatic carbocycles. The molecule has 2 heterocycles. The van der Waals surface area contributed by atoms with Gasteiger partial charge in [0.1, 0.15) is 5.75 Å². The van der Waals surface area contributed by atoms with Crippen LogP contribution >= 0.6 is 0 Å². The number of rotatable bonds is 4. The molecule has 1 unspecified atom stereocenters. The molecule has 1 aliphatic heterocycles. The van der Waals surface area contributed by atoms with Crippen LogP contribution in [0.3, 0.4) is 0 Å². The highest BCUT2D eigenvalue weighted by Crippen LogP contribution is 2.37. The van der Waals surface area contributed by atoms with Gasteiger partial charge < -0.3 is 10.1 Å². The maximum absolute atomic E-state index is 11.5. The van der Waals surface area contributed by atoms with E-state index in [-0.39, 0.29) is 0 Å². The summed E-state index contributed by atoms with van der Waals surface area (Å²) in [5.41, 5.74) is 3.54. The fraction of sp³-hybridized carbons (Fsp3) is 0.368. The van der Waals surface area contributed by atoms with Crippen LogP contribution in [0.15, 0.2) is 42.7 Å². The van der Waals surface area contributed by atoms with Gasteiger partial charge in [-0.2, -0.15) is 0 Å². The van der Waals surface area contributed by atoms with E-state index in [4.69, 9.17) is 4.74 Å². The number of nitrogens with zero attached hydrogens (tertiary/aromatic N) is 2. The summed E-state index contributed by atoms with van der Waals surface area (Å²) in [5.74, 6) is 0.627. The van der Waals surface area contributed by atoms with Crippen molar-refractivity contribution in [3.05, 3.63) is 59.4 Å². The predicted octanol–water partition coefficient (Wildman–Crippen LogP) is 3.45. The van der Waals surface area contributed by atoms with E-state index in [2.05, 4.69) is 33.4 Å². The second kappa shape index (κ2) is 7.45. The fourth-order valence-electron chi connectivity index (χ4n) is 3.34. The van der Waals surface area contributed by atoms with Crippen LogP contribution in [0, 0.1) is 6.92 Å². The van der Waals surface area contributed by atoms with Crippen molar-refractivity contribution in [3.63, 3.8) is 0 Å². The topological polar surface area (TPSA) is 54.5 Å². The van der Waals surface area contributed by atoms with E-state index >= 15 is 0 Å². The standard InChI is InChI=1S/C19H23N3O2/c1-14-16(5-3-7-18(14)24-19(23)20-2)17-6-4-12-22(17)13-15-8-10-21-11-9-15/h3,5,7-11,17H,4,6,12-13H2,1-2H3,(H,20,23). The average molecular weight is 325 g/mol. The van der Waals surface area contributed by atoms with Crippen molar-refractivity contribution in [2.45, 2.75) is 32.4 Å². The Kier molecular flexibility index (Phi) is 5.11. The molecule has 24 heavy (non-hydrogen) atoms. The number of hydrogen-bond donors (Lipinski definition) is 1. The molecule has 2 aromatic rings. The number of benzene rings is 1. The summed E-state index contributed by atoms with van der Waals surface area (Å²) in [6.07, 6.45) is 5.54. The third-order valence-electron chi connectivity index (χ3n) is 4.59. The monoisotopic (exact) mass is 325 g/mol. The maximum Gasteiger partial charge on any atom is 0.412 e. The molecule has 1 fully saturated rings. The number of nitrogens with one attached hydrogen (secondary N) is 1. The molecule has 5 heteroatoms. The number of likely N-dealkylation sites (tertiary alicyclic amines) is 1. The lowest BCUT2D eigenvalue weighted by molar-refractivity contribution is 0.202. The molecule has 0 spiro atoms. The van der Waals surface area contributed by atoms with Crippen LogP contribution < -0.4 is 10.1 Å². The lowest BCUT2D eigenvalue weighted by atomic mass is 9.98. The van der Waals surface area contributed by atoms with Gasteiger partial charge in [-0.15, -0.1) is 0 Å². The lowest BCUT2D eigenvalue weighted by Gasteiger charge is -2.26. The number of hydrogen-bond acceptors (Lipinski definition) is 4. The minimum Gasteiger partial charge on any atom is -0.410 e. The SMILES string of the molecule is CNC(=O)Oc1cccc(C2CCCN2Cc2ccncc2)c1C. The average Bonchev–Trinajstić information content (AvgIpc) is 3.05. The molecular formula is C19H23N3O2. The Bertz CT molecular complexity index is 703. The summed E-state index contributed by atoms with van der Waals surface area (Å²) in [6.45, 7) is 4.01. The van der Waals surface area contributed by atoms with Crippen LogP contribution in [-0.4, -0.2) is 29.6 Å². The van der Waals surface area contributed by atoms with E-state index in [1.807, 2.05) is 31.5 Å². The van der Waals surface area contributed by atoms with Gasteiger partial charge in [0.2, 0.25) is 0 Å². The first-order valence-electron chi connectivity index (χ1n) is 8.31. The summed E-state index contributed by atoms with van der Waals surface area (Å²) in [5, 5.41) is 2.49. The van der Waals surface area contributed by atoms with Crippen molar-refractivity contribution in [3.8, 4) is 5.75 Å². The molecule has 1 aliphatic rings. The molecule has 126 valence electrons. The lowest BCUT2D eigenvalue weighted by Crippen LogP contribution is -2.24. The van der Waals surface area contributed by atoms with Crippen molar-refractivity contribution >= 4 is 6.09 Å². The van der Waals surface area contributed by atoms with Gasteiger partial charge in [-0.1, -0.05) is 12.1 Å². The summed E-state index contributed by atoms with van der Waals surface area (Å²) in [6, 6.07) is 10.4. The highest BCUT2D eigenvalue weighted by molar-refractivity contribution is 5.70. The molecule has 0 bridgehead atoms. The predicted molar refractivity (Wildman–Crippen MR) is 92.9 cm³/mol. The smallest absolute Gasteiger partial charge is 0.410 e. The summed E-state index contributed by atoms with van der Waals surface area (Å²) < 4.78 is 5.37. The zero-order valence-corrected chi connectivity index (χ0v) is 14.2. The van der Waals surface area contributed by atoms with Crippen molar-refractivity contribution in [2.24, 2.45) is 0 Å². The van der Waals surface area contributed by atoms with Gasteiger partial charge in [0.15, 0.2) is 0 Å². The van der Waals surface area contributed by atoms with E-state index in [0.717, 1.165) is 25.1 Å². The van der Waals surface area contributed by atoms with Crippen molar-refractivity contribution in [1.82, 2.24) is 15.2 Å². The second-order valence-electron chi connectivity index (χ2n) is 6.09. The number of aromatic nitrogens is 1. The maximum atomic E-state index is 11.5. The van der Waals surface area contributed by atoms with Crippen LogP contribution in [-0.2, 0) is 6.54 Å². The highest BCUT2D eigenvalue weighted by Gasteiger charge is 2.28. The Balaban J connectivity index is 1.82. The third-order valence-corrected chi connectivity index (χ3v) is 4.59. The van der Waals surface area contributed by atoms with E-state index in [0.29, 0.717) is 11.8 Å². The largest absolute Gasteiger partial charge is 0.412 e. The Hall–Kier alpha value is -2.40. The molecule has 1 atom stereocenters. The van der Waals surface area contributed by atoms with Gasteiger partial charge in [0, 0.05) is 32.0 Å². The first-order valence-corrected chi connectivity index (χ1v) is 8.31. The first-order chi connectivity index (χ1) is 11.7. The van der Waals surface area contributed by atoms with Crippen LogP contribution in [0.5, 0.6) is 5.75 Å². The zero-order valence-electron chi connectivity index (χ0n) is 14.2. The molecule has 1 N–H and O–H groups in total. The van der Waals surface area contributed by atoms with Gasteiger partial charge in [0.25, 0.3) is 0 Å². The van der Waals surface area contributed by atoms with Gasteiger partial charge in [0.05, 0.1) is 0 Å². The van der Waals surface area contributed by atoms with Gasteiger partial charge >= 0.3 is 6.09 Å². The normalized spacial score (nSPS) is 17.7. The van der Waals surface area contributed by atoms with Crippen LogP contribution in [0.1, 0.15) is 35.6 Å². The van der Waals surface area contributed by atoms with Gasteiger partial charge in [-0.25, -0.2) is 4.79 Å². The minimum atomic E-state index is -0.435. The zero-order chi connectivity index (χ0) is 16.9. The highest BCUT2D eigenvalue weighted by atomic mass is 16.6. The second-order valence-corrected chi connectivity index (χ2v) is 6.09. The first kappa shape index (κ1) is 16.5. The molecule has 0 radical (unpaired) electrons. The van der Waals surface area contributed by atoms with E-state index in [1.165, 1.54) is 17.5 Å². The number of carbonyl (C=O) groups is 1. The molecule has 3 rings (SSSR count). The molecule has 1 aromatic heterocycles. The van der Waals surface area contributed by atoms with E-state index in [1.54, 1.807) is 7.05 Å². The molecule has 5 nitrogen and oxygen atoms in total. The van der Waals surface area contributed by atoms with Crippen molar-refractivity contribution in [2.75, 3.05) is 13.6 Å². The Morgan fingerprint density at radius 3 is 2.88 bits per heavy atom. The molecule has 1 saturated heterocycles. The van der Waals surface area contributed by atoms with Crippen LogP contribution in [0.25, 0.3) is 0 Å². The molecule has 1 amide bonds. The number of amides is 1. The number of pyridine rings is 1. The van der Waals surface area contributed by atoms with Gasteiger partial charge in [-0.3, -0.25) is 9.88 Å². The van der Waals surface area contributed by atoms with E-state index < -0.39 is 6.09 Å². The molecule has 0 saturated carbocycles. The molecular weight excluding hydrogens is 302 g/mol. The van der Waals surface area contributed by atoms with Gasteiger partial charge in [-0.05, 0) is 61.2 Å². The fourth-order valence-corrected chi connectivity index (χ4v) is 3.34. The van der Waals surface area contributed by atoms with E-state index in [9.17, 15) is 4.79 Å². The summed E-state index contributed by atoms with van der Waals surface area (Å²) in [4.78, 5) is 18.1. The minimum absolute atomic E-state index is 0.353. The number of ether oxygens (including phenoxy) is 1. The van der Waals surface area contributed by atoms with Crippen molar-refractivity contribution < 1.29 is 9.53 Å². The van der Waals surface area contributed by atoms with Crippen LogP contribution in [0.2, 0.25) is 0 Å². The Morgan fingerprint density at radius 1 is 1.33 bits per heavy atom. The number of carbonyl (C=O) groups excluding carboxylic acids is 1. The molecule has 1 aromatic carbocycles. The summed E-state index contributed by atoms with van der Waals surface area (Å²) >= 11 is 0. The Labute approximate surface area is 142 Å². The van der Waals surface area contributed by atoms with Crippen molar-refractivity contribution in [1.29, 1.82) is 0 Å². The Morgan fingerprint density at radius 2 is 2.12 bits per heavy atom. The quantitative estimate of drug-likeness (QED) is 0.935. The third kappa shape index (κ3) is 3.57. The van der Waals surface area contributed by atoms with Crippen LogP contribution in [0.4, 0.5) is 4.79 Å². The summed E-state index contributed by atoms with van der Waals surface area (Å²) in [7, 11) is 1.56.